The van der Waals surface area contributed by atoms with Gasteiger partial charge in [0.2, 0.25) is 0 Å². The van der Waals surface area contributed by atoms with Crippen molar-refractivity contribution in [2.24, 2.45) is 0 Å². The Hall–Kier alpha value is -1.34. The van der Waals surface area contributed by atoms with Crippen molar-refractivity contribution in [1.82, 2.24) is 0 Å². The third kappa shape index (κ3) is 4.36. The van der Waals surface area contributed by atoms with E-state index >= 15 is 0 Å². The molecule has 1 aromatic rings. The molecule has 0 heterocycles. The second kappa shape index (κ2) is 7.30. The zero-order valence-corrected chi connectivity index (χ0v) is 11.8. The van der Waals surface area contributed by atoms with Gasteiger partial charge in [-0.05, 0) is 30.5 Å². The third-order valence-corrected chi connectivity index (χ3v) is 5.22. The number of rotatable bonds is 6. The topological polar surface area (TPSA) is 50.1 Å². The molecule has 0 spiro atoms. The molecule has 1 aliphatic carbocycles. The van der Waals surface area contributed by atoms with Gasteiger partial charge in [-0.25, -0.2) is 0 Å². The number of benzene rings is 1. The summed E-state index contributed by atoms with van der Waals surface area (Å²) in [6.07, 6.45) is 5.08. The molecule has 1 aromatic carbocycles. The van der Waals surface area contributed by atoms with Crippen LogP contribution in [0.5, 0.6) is 5.75 Å². The Bertz CT molecular complexity index is 458. The Balaban J connectivity index is 1.73. The first-order valence-electron chi connectivity index (χ1n) is 6.75. The molecule has 3 nitrogen and oxygen atoms in total. The predicted octanol–water partition coefficient (Wildman–Crippen LogP) is 2.82. The molecule has 0 N–H and O–H groups in total. The van der Waals surface area contributed by atoms with Crippen LogP contribution in [0.3, 0.4) is 0 Å². The van der Waals surface area contributed by atoms with Gasteiger partial charge in [0.05, 0.1) is 24.8 Å². The average molecular weight is 277 g/mol. The van der Waals surface area contributed by atoms with E-state index in [4.69, 9.17) is 10.00 Å². The first kappa shape index (κ1) is 14.1. The molecule has 0 radical (unpaired) electrons. The van der Waals surface area contributed by atoms with Crippen LogP contribution in [-0.2, 0) is 17.2 Å². The summed E-state index contributed by atoms with van der Waals surface area (Å²) in [5.41, 5.74) is 0.990. The number of hydrogen-bond acceptors (Lipinski definition) is 3. The molecule has 1 atom stereocenters. The Morgan fingerprint density at radius 2 is 1.95 bits per heavy atom. The van der Waals surface area contributed by atoms with Gasteiger partial charge < -0.3 is 4.74 Å². The SMILES string of the molecule is N#CCc1ccc(OCCS(=O)C2CCCC2)cc1. The molecule has 1 aliphatic rings. The lowest BCUT2D eigenvalue weighted by molar-refractivity contribution is 0.342. The van der Waals surface area contributed by atoms with E-state index < -0.39 is 10.8 Å². The molecule has 0 bridgehead atoms. The zero-order valence-electron chi connectivity index (χ0n) is 11.0. The first-order chi connectivity index (χ1) is 9.29. The lowest BCUT2D eigenvalue weighted by Crippen LogP contribution is -2.18. The fourth-order valence-electron chi connectivity index (χ4n) is 2.35. The standard InChI is InChI=1S/C15H19NO2S/c16-10-9-13-5-7-14(8-6-13)18-11-12-19(17)15-3-1-2-4-15/h5-8,15H,1-4,9,11-12H2. The molecule has 0 saturated heterocycles. The van der Waals surface area contributed by atoms with Crippen LogP contribution in [0.4, 0.5) is 0 Å². The molecule has 1 unspecified atom stereocenters. The fraction of sp³-hybridized carbons (Fsp3) is 0.533. The van der Waals surface area contributed by atoms with Crippen LogP contribution in [-0.4, -0.2) is 21.8 Å². The smallest absolute Gasteiger partial charge is 0.119 e. The minimum absolute atomic E-state index is 0.390. The molecule has 102 valence electrons. The minimum atomic E-state index is -0.744. The minimum Gasteiger partial charge on any atom is -0.493 e. The summed E-state index contributed by atoms with van der Waals surface area (Å²) < 4.78 is 17.6. The molecule has 0 aliphatic heterocycles. The van der Waals surface area contributed by atoms with E-state index in [0.717, 1.165) is 24.2 Å². The van der Waals surface area contributed by atoms with Gasteiger partial charge in [0.25, 0.3) is 0 Å². The largest absolute Gasteiger partial charge is 0.493 e. The van der Waals surface area contributed by atoms with Gasteiger partial charge in [-0.2, -0.15) is 5.26 Å². The second-order valence-electron chi connectivity index (χ2n) is 4.82. The van der Waals surface area contributed by atoms with E-state index in [2.05, 4.69) is 6.07 Å². The van der Waals surface area contributed by atoms with E-state index in [1.54, 1.807) is 0 Å². The lowest BCUT2D eigenvalue weighted by Gasteiger charge is -2.10. The maximum Gasteiger partial charge on any atom is 0.119 e. The molecule has 19 heavy (non-hydrogen) atoms. The van der Waals surface area contributed by atoms with Crippen molar-refractivity contribution in [1.29, 1.82) is 5.26 Å². The van der Waals surface area contributed by atoms with E-state index in [1.807, 2.05) is 24.3 Å². The van der Waals surface area contributed by atoms with Gasteiger partial charge in [-0.3, -0.25) is 4.21 Å². The highest BCUT2D eigenvalue weighted by Crippen LogP contribution is 2.23. The van der Waals surface area contributed by atoms with Crippen LogP contribution >= 0.6 is 0 Å². The molecular formula is C15H19NO2S. The summed E-state index contributed by atoms with van der Waals surface area (Å²) in [5.74, 6) is 1.40. The van der Waals surface area contributed by atoms with Crippen LogP contribution in [0.25, 0.3) is 0 Å². The summed E-state index contributed by atoms with van der Waals surface area (Å²) >= 11 is 0. The van der Waals surface area contributed by atoms with Gasteiger partial charge in [-0.15, -0.1) is 0 Å². The summed E-state index contributed by atoms with van der Waals surface area (Å²) in [5, 5.41) is 8.97. The van der Waals surface area contributed by atoms with Crippen molar-refractivity contribution < 1.29 is 8.95 Å². The molecular weight excluding hydrogens is 258 g/mol. The highest BCUT2D eigenvalue weighted by Gasteiger charge is 2.20. The molecule has 2 rings (SSSR count). The van der Waals surface area contributed by atoms with Crippen LogP contribution in [0.15, 0.2) is 24.3 Å². The van der Waals surface area contributed by atoms with E-state index in [0.29, 0.717) is 24.0 Å². The Morgan fingerprint density at radius 3 is 2.58 bits per heavy atom. The van der Waals surface area contributed by atoms with E-state index in [9.17, 15) is 4.21 Å². The predicted molar refractivity (Wildman–Crippen MR) is 76.5 cm³/mol. The first-order valence-corrected chi connectivity index (χ1v) is 8.13. The van der Waals surface area contributed by atoms with Crippen LogP contribution in [0, 0.1) is 11.3 Å². The van der Waals surface area contributed by atoms with Crippen molar-refractivity contribution >= 4 is 10.8 Å². The quantitative estimate of drug-likeness (QED) is 0.803. The van der Waals surface area contributed by atoms with Crippen molar-refractivity contribution in [3.05, 3.63) is 29.8 Å². The molecule has 0 aromatic heterocycles. The zero-order chi connectivity index (χ0) is 13.5. The van der Waals surface area contributed by atoms with Gasteiger partial charge in [-0.1, -0.05) is 25.0 Å². The fourth-order valence-corrected chi connectivity index (χ4v) is 3.79. The summed E-state index contributed by atoms with van der Waals surface area (Å²) in [6.45, 7) is 0.501. The number of nitriles is 1. The van der Waals surface area contributed by atoms with Gasteiger partial charge in [0.1, 0.15) is 5.75 Å². The Labute approximate surface area is 117 Å². The number of hydrogen-bond donors (Lipinski definition) is 0. The highest BCUT2D eigenvalue weighted by molar-refractivity contribution is 7.85. The van der Waals surface area contributed by atoms with Gasteiger partial charge >= 0.3 is 0 Å². The van der Waals surface area contributed by atoms with Crippen LogP contribution < -0.4 is 4.74 Å². The number of nitrogens with zero attached hydrogens (tertiary/aromatic N) is 1. The molecule has 1 fully saturated rings. The normalized spacial score (nSPS) is 17.0. The highest BCUT2D eigenvalue weighted by atomic mass is 32.2. The van der Waals surface area contributed by atoms with Crippen molar-refractivity contribution in [2.45, 2.75) is 37.4 Å². The third-order valence-electron chi connectivity index (χ3n) is 3.43. The summed E-state index contributed by atoms with van der Waals surface area (Å²) in [6, 6.07) is 9.63. The lowest BCUT2D eigenvalue weighted by atomic mass is 10.2. The Kier molecular flexibility index (Phi) is 5.41. The van der Waals surface area contributed by atoms with Crippen molar-refractivity contribution in [3.63, 3.8) is 0 Å². The molecule has 0 amide bonds. The van der Waals surface area contributed by atoms with Crippen molar-refractivity contribution in [3.8, 4) is 11.8 Å². The maximum atomic E-state index is 12.0. The molecule has 4 heteroatoms. The molecule has 1 saturated carbocycles. The van der Waals surface area contributed by atoms with Crippen molar-refractivity contribution in [2.75, 3.05) is 12.4 Å². The van der Waals surface area contributed by atoms with Crippen LogP contribution in [0.2, 0.25) is 0 Å². The van der Waals surface area contributed by atoms with Crippen LogP contribution in [0.1, 0.15) is 31.2 Å². The van der Waals surface area contributed by atoms with E-state index in [-0.39, 0.29) is 0 Å². The van der Waals surface area contributed by atoms with E-state index in [1.165, 1.54) is 12.8 Å². The monoisotopic (exact) mass is 277 g/mol. The summed E-state index contributed by atoms with van der Waals surface area (Å²) in [7, 11) is -0.744. The Morgan fingerprint density at radius 1 is 1.26 bits per heavy atom. The van der Waals surface area contributed by atoms with Gasteiger partial charge in [0.15, 0.2) is 0 Å². The second-order valence-corrected chi connectivity index (χ2v) is 6.66. The summed E-state index contributed by atoms with van der Waals surface area (Å²) in [4.78, 5) is 0. The average Bonchev–Trinajstić information content (AvgIpc) is 2.95. The maximum absolute atomic E-state index is 12.0. The number of ether oxygens (including phenoxy) is 1. The van der Waals surface area contributed by atoms with Gasteiger partial charge in [0, 0.05) is 16.0 Å².